The first-order valence-corrected chi connectivity index (χ1v) is 7.49. The van der Waals surface area contributed by atoms with Gasteiger partial charge in [0.05, 0.1) is 0 Å². The molecule has 0 saturated heterocycles. The lowest BCUT2D eigenvalue weighted by molar-refractivity contribution is -0.116. The molecule has 0 radical (unpaired) electrons. The number of hydrogen-bond donors (Lipinski definition) is 1. The van der Waals surface area contributed by atoms with Crippen LogP contribution in [-0.2, 0) is 11.3 Å². The second kappa shape index (κ2) is 7.40. The Morgan fingerprint density at radius 1 is 1.39 bits per heavy atom. The summed E-state index contributed by atoms with van der Waals surface area (Å²) in [7, 11) is 0. The topological polar surface area (TPSA) is 86.8 Å². The van der Waals surface area contributed by atoms with Gasteiger partial charge in [-0.25, -0.2) is 9.67 Å². The Morgan fingerprint density at radius 2 is 2.09 bits per heavy atom. The van der Waals surface area contributed by atoms with Crippen molar-refractivity contribution in [3.05, 3.63) is 36.4 Å². The van der Waals surface area contributed by atoms with Crippen LogP contribution in [0.25, 0.3) is 0 Å². The maximum Gasteiger partial charge on any atom is 0.252 e. The number of amides is 1. The van der Waals surface area contributed by atoms with Crippen LogP contribution in [0.3, 0.4) is 0 Å². The summed E-state index contributed by atoms with van der Waals surface area (Å²) in [4.78, 5) is 18.0. The molecule has 0 aliphatic heterocycles. The minimum atomic E-state index is -0.219. The zero-order chi connectivity index (χ0) is 16.8. The number of rotatable bonds is 6. The van der Waals surface area contributed by atoms with Gasteiger partial charge in [-0.1, -0.05) is 0 Å². The first-order valence-electron chi connectivity index (χ1n) is 7.49. The molecule has 7 heteroatoms. The number of carbonyl (C=O) groups excluding carboxylic acids is 1. The van der Waals surface area contributed by atoms with Crippen LogP contribution in [0.1, 0.15) is 26.6 Å². The Morgan fingerprint density at radius 3 is 2.61 bits per heavy atom. The molecule has 0 spiro atoms. The maximum absolute atomic E-state index is 12.0. The lowest BCUT2D eigenvalue weighted by Gasteiger charge is -2.27. The van der Waals surface area contributed by atoms with E-state index in [0.717, 1.165) is 17.9 Å². The van der Waals surface area contributed by atoms with Crippen molar-refractivity contribution in [1.82, 2.24) is 14.8 Å². The lowest BCUT2D eigenvalue weighted by Crippen LogP contribution is -2.30. The molecule has 1 heterocycles. The highest BCUT2D eigenvalue weighted by Gasteiger charge is 2.09. The molecule has 23 heavy (non-hydrogen) atoms. The number of benzene rings is 1. The Balaban J connectivity index is 1.97. The predicted molar refractivity (Wildman–Crippen MR) is 88.0 cm³/mol. The van der Waals surface area contributed by atoms with Crippen LogP contribution in [0.15, 0.2) is 30.6 Å². The predicted octanol–water partition coefficient (Wildman–Crippen LogP) is 2.02. The smallest absolute Gasteiger partial charge is 0.252 e. The molecule has 0 aliphatic rings. The van der Waals surface area contributed by atoms with Crippen molar-refractivity contribution in [2.24, 2.45) is 0 Å². The molecule has 1 aromatic heterocycles. The van der Waals surface area contributed by atoms with Gasteiger partial charge in [-0.3, -0.25) is 4.79 Å². The average molecular weight is 312 g/mol. The second-order valence-corrected chi connectivity index (χ2v) is 5.35. The van der Waals surface area contributed by atoms with E-state index in [-0.39, 0.29) is 18.3 Å². The van der Waals surface area contributed by atoms with E-state index in [4.69, 9.17) is 5.26 Å². The SMILES string of the molecule is CCN(c1ccc(NC(=O)Cn2cnc(C#N)n2)cc1)C(C)C. The van der Waals surface area contributed by atoms with Gasteiger partial charge in [0.1, 0.15) is 18.9 Å². The van der Waals surface area contributed by atoms with Gasteiger partial charge >= 0.3 is 0 Å². The summed E-state index contributed by atoms with van der Waals surface area (Å²) in [5.74, 6) is -0.168. The van der Waals surface area contributed by atoms with Crippen LogP contribution in [0.5, 0.6) is 0 Å². The molecule has 0 atom stereocenters. The fourth-order valence-corrected chi connectivity index (χ4v) is 2.35. The number of aromatic nitrogens is 3. The quantitative estimate of drug-likeness (QED) is 0.882. The van der Waals surface area contributed by atoms with E-state index in [1.807, 2.05) is 30.3 Å². The summed E-state index contributed by atoms with van der Waals surface area (Å²) in [5, 5.41) is 15.3. The van der Waals surface area contributed by atoms with E-state index in [0.29, 0.717) is 6.04 Å². The van der Waals surface area contributed by atoms with Crippen LogP contribution in [-0.4, -0.2) is 33.3 Å². The third kappa shape index (κ3) is 4.30. The van der Waals surface area contributed by atoms with Crippen LogP contribution in [0.2, 0.25) is 0 Å². The maximum atomic E-state index is 12.0. The largest absolute Gasteiger partial charge is 0.369 e. The number of nitrogens with one attached hydrogen (secondary N) is 1. The molecule has 1 N–H and O–H groups in total. The zero-order valence-corrected chi connectivity index (χ0v) is 13.5. The van der Waals surface area contributed by atoms with Crippen molar-refractivity contribution in [3.63, 3.8) is 0 Å². The molecule has 0 aliphatic carbocycles. The van der Waals surface area contributed by atoms with Gasteiger partial charge in [0.25, 0.3) is 5.82 Å². The fourth-order valence-electron chi connectivity index (χ4n) is 2.35. The van der Waals surface area contributed by atoms with Crippen molar-refractivity contribution < 1.29 is 4.79 Å². The molecule has 7 nitrogen and oxygen atoms in total. The molecule has 1 amide bonds. The Bertz CT molecular complexity index is 698. The molecule has 0 bridgehead atoms. The van der Waals surface area contributed by atoms with E-state index >= 15 is 0 Å². The van der Waals surface area contributed by atoms with E-state index in [1.165, 1.54) is 11.0 Å². The number of hydrogen-bond acceptors (Lipinski definition) is 5. The summed E-state index contributed by atoms with van der Waals surface area (Å²) in [6.45, 7) is 7.35. The average Bonchev–Trinajstić information content (AvgIpc) is 2.96. The molecule has 2 aromatic rings. The number of carbonyl (C=O) groups is 1. The Kier molecular flexibility index (Phi) is 5.31. The summed E-state index contributed by atoms with van der Waals surface area (Å²) in [6, 6.07) is 9.97. The van der Waals surface area contributed by atoms with E-state index in [9.17, 15) is 4.79 Å². The number of nitriles is 1. The molecule has 0 fully saturated rings. The van der Waals surface area contributed by atoms with Crippen LogP contribution >= 0.6 is 0 Å². The van der Waals surface area contributed by atoms with E-state index < -0.39 is 0 Å². The highest BCUT2D eigenvalue weighted by molar-refractivity contribution is 5.90. The summed E-state index contributed by atoms with van der Waals surface area (Å²) >= 11 is 0. The lowest BCUT2D eigenvalue weighted by atomic mass is 10.2. The van der Waals surface area contributed by atoms with Crippen molar-refractivity contribution in [3.8, 4) is 6.07 Å². The number of nitrogens with zero attached hydrogens (tertiary/aromatic N) is 5. The first kappa shape index (κ1) is 16.5. The van der Waals surface area contributed by atoms with Gasteiger partial charge in [-0.15, -0.1) is 5.10 Å². The Labute approximate surface area is 135 Å². The van der Waals surface area contributed by atoms with Gasteiger partial charge in [0.2, 0.25) is 5.91 Å². The van der Waals surface area contributed by atoms with Crippen molar-refractivity contribution >= 4 is 17.3 Å². The molecular weight excluding hydrogens is 292 g/mol. The van der Waals surface area contributed by atoms with Gasteiger partial charge in [0.15, 0.2) is 0 Å². The molecule has 120 valence electrons. The third-order valence-corrected chi connectivity index (χ3v) is 3.39. The van der Waals surface area contributed by atoms with Crippen LogP contribution in [0.4, 0.5) is 11.4 Å². The number of anilines is 2. The summed E-state index contributed by atoms with van der Waals surface area (Å²) in [6.07, 6.45) is 1.36. The highest BCUT2D eigenvalue weighted by atomic mass is 16.2. The molecule has 0 saturated carbocycles. The van der Waals surface area contributed by atoms with Gasteiger partial charge in [0, 0.05) is 24.0 Å². The minimum absolute atomic E-state index is 0.0174. The Hall–Kier alpha value is -2.88. The second-order valence-electron chi connectivity index (χ2n) is 5.35. The fraction of sp³-hybridized carbons (Fsp3) is 0.375. The van der Waals surface area contributed by atoms with Crippen molar-refractivity contribution in [2.45, 2.75) is 33.4 Å². The van der Waals surface area contributed by atoms with E-state index in [1.54, 1.807) is 0 Å². The third-order valence-electron chi connectivity index (χ3n) is 3.39. The summed E-state index contributed by atoms with van der Waals surface area (Å²) < 4.78 is 1.33. The van der Waals surface area contributed by atoms with Gasteiger partial charge in [-0.2, -0.15) is 5.26 Å². The first-order chi connectivity index (χ1) is 11.0. The molecule has 1 aromatic carbocycles. The minimum Gasteiger partial charge on any atom is -0.369 e. The van der Waals surface area contributed by atoms with Crippen LogP contribution in [0, 0.1) is 11.3 Å². The van der Waals surface area contributed by atoms with Gasteiger partial charge in [-0.05, 0) is 45.0 Å². The van der Waals surface area contributed by atoms with Crippen molar-refractivity contribution in [2.75, 3.05) is 16.8 Å². The molecular formula is C16H20N6O. The zero-order valence-electron chi connectivity index (χ0n) is 13.5. The van der Waals surface area contributed by atoms with E-state index in [2.05, 4.69) is 41.1 Å². The standard InChI is InChI=1S/C16H20N6O/c1-4-22(12(2)3)14-7-5-13(6-8-14)19-16(23)10-21-11-18-15(9-17)20-21/h5-8,11-12H,4,10H2,1-3H3,(H,19,23). The highest BCUT2D eigenvalue weighted by Crippen LogP contribution is 2.19. The van der Waals surface area contributed by atoms with Crippen LogP contribution < -0.4 is 10.2 Å². The normalized spacial score (nSPS) is 10.4. The molecule has 0 unspecified atom stereocenters. The monoisotopic (exact) mass is 312 g/mol. The van der Waals surface area contributed by atoms with Gasteiger partial charge < -0.3 is 10.2 Å². The summed E-state index contributed by atoms with van der Waals surface area (Å²) in [5.41, 5.74) is 1.84. The van der Waals surface area contributed by atoms with Crippen molar-refractivity contribution in [1.29, 1.82) is 5.26 Å². The molecule has 2 rings (SSSR count).